The maximum atomic E-state index is 12.0. The first-order valence-corrected chi connectivity index (χ1v) is 5.62. The van der Waals surface area contributed by atoms with Crippen LogP contribution in [0.15, 0.2) is 11.4 Å². The number of carbonyl (C=O) groups is 3. The number of imide groups is 1. The van der Waals surface area contributed by atoms with Crippen molar-refractivity contribution in [1.29, 1.82) is 0 Å². The van der Waals surface area contributed by atoms with Gasteiger partial charge in [-0.3, -0.25) is 19.7 Å². The number of carbonyl (C=O) groups excluding carboxylic acids is 3. The van der Waals surface area contributed by atoms with Gasteiger partial charge in [-0.15, -0.1) is 11.3 Å². The van der Waals surface area contributed by atoms with Gasteiger partial charge < -0.3 is 4.90 Å². The van der Waals surface area contributed by atoms with Gasteiger partial charge in [0.15, 0.2) is 0 Å². The molecule has 0 bridgehead atoms. The highest BCUT2D eigenvalue weighted by molar-refractivity contribution is 7.12. The number of nitrogens with one attached hydrogen (secondary N) is 1. The zero-order valence-electron chi connectivity index (χ0n) is 8.65. The van der Waals surface area contributed by atoms with Crippen LogP contribution in [0.2, 0.25) is 0 Å². The monoisotopic (exact) mass is 238 g/mol. The first-order chi connectivity index (χ1) is 7.58. The van der Waals surface area contributed by atoms with Crippen molar-refractivity contribution in [3.63, 3.8) is 0 Å². The fraction of sp³-hybridized carbons (Fsp3) is 0.300. The van der Waals surface area contributed by atoms with Crippen molar-refractivity contribution in [3.05, 3.63) is 21.9 Å². The van der Waals surface area contributed by atoms with Crippen LogP contribution in [-0.2, 0) is 9.59 Å². The molecule has 1 fully saturated rings. The summed E-state index contributed by atoms with van der Waals surface area (Å²) in [6, 6.07) is 1.84. The van der Waals surface area contributed by atoms with Gasteiger partial charge >= 0.3 is 0 Å². The van der Waals surface area contributed by atoms with Crippen molar-refractivity contribution < 1.29 is 14.4 Å². The predicted molar refractivity (Wildman–Crippen MR) is 58.1 cm³/mol. The summed E-state index contributed by atoms with van der Waals surface area (Å²) in [5.74, 6) is -1.12. The van der Waals surface area contributed by atoms with Crippen LogP contribution in [0.25, 0.3) is 0 Å². The minimum atomic E-state index is -0.432. The Bertz CT molecular complexity index is 450. The van der Waals surface area contributed by atoms with Crippen molar-refractivity contribution in [3.8, 4) is 0 Å². The molecule has 0 saturated carbocycles. The Kier molecular flexibility index (Phi) is 2.74. The Hall–Kier alpha value is -1.69. The van der Waals surface area contributed by atoms with Crippen molar-refractivity contribution in [1.82, 2.24) is 10.2 Å². The molecule has 1 N–H and O–H groups in total. The van der Waals surface area contributed by atoms with E-state index in [0.29, 0.717) is 4.88 Å². The normalized spacial score (nSPS) is 16.2. The van der Waals surface area contributed by atoms with Crippen LogP contribution in [0.3, 0.4) is 0 Å². The second kappa shape index (κ2) is 4.05. The first-order valence-electron chi connectivity index (χ1n) is 4.74. The van der Waals surface area contributed by atoms with E-state index in [4.69, 9.17) is 0 Å². The third kappa shape index (κ3) is 1.96. The van der Waals surface area contributed by atoms with E-state index in [-0.39, 0.29) is 19.0 Å². The van der Waals surface area contributed by atoms with E-state index >= 15 is 0 Å². The molecule has 3 amide bonds. The average molecular weight is 238 g/mol. The molecule has 1 aliphatic rings. The maximum Gasteiger partial charge on any atom is 0.265 e. The summed E-state index contributed by atoms with van der Waals surface area (Å²) in [7, 11) is 0. The van der Waals surface area contributed by atoms with Gasteiger partial charge in [0.05, 0.1) is 4.88 Å². The van der Waals surface area contributed by atoms with Gasteiger partial charge in [0.1, 0.15) is 13.1 Å². The van der Waals surface area contributed by atoms with Crippen LogP contribution >= 0.6 is 11.3 Å². The molecule has 0 aliphatic carbocycles. The van der Waals surface area contributed by atoms with Crippen LogP contribution in [0.5, 0.6) is 0 Å². The standard InChI is InChI=1S/C10H10N2O3S/c1-6-2-3-16-9(6)10(15)12-4-7(13)11-8(14)5-12/h2-3H,4-5H2,1H3,(H,11,13,14). The molecule has 84 valence electrons. The fourth-order valence-electron chi connectivity index (χ4n) is 1.52. The maximum absolute atomic E-state index is 12.0. The Morgan fingerprint density at radius 2 is 2.00 bits per heavy atom. The molecular formula is C10H10N2O3S. The second-order valence-corrected chi connectivity index (χ2v) is 4.48. The van der Waals surface area contributed by atoms with Crippen LogP contribution in [-0.4, -0.2) is 35.7 Å². The Morgan fingerprint density at radius 1 is 1.38 bits per heavy atom. The lowest BCUT2D eigenvalue weighted by molar-refractivity contribution is -0.135. The number of aryl methyl sites for hydroxylation is 1. The van der Waals surface area contributed by atoms with Gasteiger partial charge in [-0.2, -0.15) is 0 Å². The molecule has 1 saturated heterocycles. The average Bonchev–Trinajstić information content (AvgIpc) is 2.62. The van der Waals surface area contributed by atoms with Crippen LogP contribution in [0.1, 0.15) is 15.2 Å². The number of nitrogens with zero attached hydrogens (tertiary/aromatic N) is 1. The van der Waals surface area contributed by atoms with E-state index in [2.05, 4.69) is 5.32 Å². The van der Waals surface area contributed by atoms with Crippen LogP contribution < -0.4 is 5.32 Å². The molecule has 2 rings (SSSR count). The van der Waals surface area contributed by atoms with Crippen LogP contribution in [0, 0.1) is 6.92 Å². The lowest BCUT2D eigenvalue weighted by atomic mass is 10.2. The van der Waals surface area contributed by atoms with E-state index in [1.165, 1.54) is 16.2 Å². The SMILES string of the molecule is Cc1ccsc1C(=O)N1CC(=O)NC(=O)C1. The quantitative estimate of drug-likeness (QED) is 0.708. The molecule has 1 aromatic heterocycles. The molecule has 0 unspecified atom stereocenters. The zero-order valence-corrected chi connectivity index (χ0v) is 9.47. The minimum absolute atomic E-state index is 0.0537. The number of rotatable bonds is 1. The number of hydrogen-bond acceptors (Lipinski definition) is 4. The topological polar surface area (TPSA) is 66.5 Å². The number of hydrogen-bond donors (Lipinski definition) is 1. The van der Waals surface area contributed by atoms with Crippen molar-refractivity contribution in [2.24, 2.45) is 0 Å². The molecule has 16 heavy (non-hydrogen) atoms. The molecule has 0 aromatic carbocycles. The van der Waals surface area contributed by atoms with Crippen molar-refractivity contribution >= 4 is 29.1 Å². The summed E-state index contributed by atoms with van der Waals surface area (Å²) in [6.45, 7) is 1.72. The summed E-state index contributed by atoms with van der Waals surface area (Å²) in [5, 5.41) is 3.97. The van der Waals surface area contributed by atoms with Gasteiger partial charge in [-0.05, 0) is 23.9 Å². The van der Waals surface area contributed by atoms with Gasteiger partial charge in [-0.1, -0.05) is 0 Å². The van der Waals surface area contributed by atoms with Gasteiger partial charge in [0.2, 0.25) is 11.8 Å². The Balaban J connectivity index is 2.19. The zero-order chi connectivity index (χ0) is 11.7. The van der Waals surface area contributed by atoms with Gasteiger partial charge in [0.25, 0.3) is 5.91 Å². The molecule has 5 nitrogen and oxygen atoms in total. The summed E-state index contributed by atoms with van der Waals surface area (Å²) in [5.41, 5.74) is 0.869. The summed E-state index contributed by atoms with van der Waals surface area (Å²) in [6.07, 6.45) is 0. The van der Waals surface area contributed by atoms with E-state index in [1.807, 2.05) is 18.4 Å². The Labute approximate surface area is 96.0 Å². The second-order valence-electron chi connectivity index (χ2n) is 3.57. The molecule has 1 aromatic rings. The van der Waals surface area contributed by atoms with E-state index in [0.717, 1.165) is 5.56 Å². The van der Waals surface area contributed by atoms with E-state index < -0.39 is 11.8 Å². The third-order valence-corrected chi connectivity index (χ3v) is 3.30. The molecule has 0 atom stereocenters. The molecule has 0 spiro atoms. The third-order valence-electron chi connectivity index (χ3n) is 2.29. The van der Waals surface area contributed by atoms with Gasteiger partial charge in [0, 0.05) is 0 Å². The summed E-state index contributed by atoms with van der Waals surface area (Å²) in [4.78, 5) is 36.1. The lowest BCUT2D eigenvalue weighted by Crippen LogP contribution is -2.53. The molecule has 2 heterocycles. The Morgan fingerprint density at radius 3 is 2.50 bits per heavy atom. The van der Waals surface area contributed by atoms with E-state index in [1.54, 1.807) is 0 Å². The summed E-state index contributed by atoms with van der Waals surface area (Å²) >= 11 is 1.32. The molecule has 6 heteroatoms. The number of thiophene rings is 1. The van der Waals surface area contributed by atoms with Crippen molar-refractivity contribution in [2.75, 3.05) is 13.1 Å². The van der Waals surface area contributed by atoms with E-state index in [9.17, 15) is 14.4 Å². The summed E-state index contributed by atoms with van der Waals surface area (Å²) < 4.78 is 0. The largest absolute Gasteiger partial charge is 0.319 e. The molecular weight excluding hydrogens is 228 g/mol. The van der Waals surface area contributed by atoms with Gasteiger partial charge in [-0.25, -0.2) is 0 Å². The van der Waals surface area contributed by atoms with Crippen molar-refractivity contribution in [2.45, 2.75) is 6.92 Å². The number of amides is 3. The van der Waals surface area contributed by atoms with Crippen LogP contribution in [0.4, 0.5) is 0 Å². The highest BCUT2D eigenvalue weighted by Gasteiger charge is 2.28. The first kappa shape index (κ1) is 10.8. The molecule has 0 radical (unpaired) electrons. The smallest absolute Gasteiger partial charge is 0.265 e. The predicted octanol–water partition coefficient (Wildman–Crippen LogP) is 0.155. The molecule has 1 aliphatic heterocycles. The fourth-order valence-corrected chi connectivity index (χ4v) is 2.41. The number of piperazine rings is 1. The lowest BCUT2D eigenvalue weighted by Gasteiger charge is -2.25. The highest BCUT2D eigenvalue weighted by Crippen LogP contribution is 2.18. The minimum Gasteiger partial charge on any atom is -0.319 e. The highest BCUT2D eigenvalue weighted by atomic mass is 32.1.